The van der Waals surface area contributed by atoms with E-state index in [2.05, 4.69) is 16.6 Å². The fourth-order valence-corrected chi connectivity index (χ4v) is 1.34. The molecule has 0 unspecified atom stereocenters. The summed E-state index contributed by atoms with van der Waals surface area (Å²) in [6.45, 7) is -0.0491. The van der Waals surface area contributed by atoms with Gasteiger partial charge in [0.1, 0.15) is 12.4 Å². The van der Waals surface area contributed by atoms with E-state index < -0.39 is 19.6 Å². The Morgan fingerprint density at radius 3 is 2.70 bits per heavy atom. The Morgan fingerprint density at radius 1 is 1.30 bits per heavy atom. The molecule has 20 heavy (non-hydrogen) atoms. The molecular weight excluding hydrogens is 273 g/mol. The van der Waals surface area contributed by atoms with E-state index in [1.807, 2.05) is 6.92 Å². The van der Waals surface area contributed by atoms with Crippen molar-refractivity contribution < 1.29 is 27.8 Å². The second-order valence-corrected chi connectivity index (χ2v) is 4.00. The zero-order valence-corrected chi connectivity index (χ0v) is 11.0. The highest BCUT2D eigenvalue weighted by atomic mass is 19.4. The number of rotatable bonds is 5. The monoisotopic (exact) mass is 288 g/mol. The summed E-state index contributed by atoms with van der Waals surface area (Å²) in [5.74, 6) is 5.88. The number of hydrogen-bond donors (Lipinski definition) is 1. The van der Waals surface area contributed by atoms with Crippen molar-refractivity contribution in [3.63, 3.8) is 0 Å². The van der Waals surface area contributed by atoms with Crippen LogP contribution in [0.5, 0.6) is 5.75 Å². The Bertz CT molecular complexity index is 487. The molecule has 0 bridgehead atoms. The quantitative estimate of drug-likeness (QED) is 0.514. The lowest BCUT2D eigenvalue weighted by Gasteiger charge is -2.11. The standard InChI is InChI=1S/C14H15F3O3/c1-11-5-6-13(12(8-11)4-2-3-7-18)20-10-19-9-14(15,16)17/h5-6,8,18H,3,7,9-10H2,1H3. The number of hydrogen-bond acceptors (Lipinski definition) is 3. The summed E-state index contributed by atoms with van der Waals surface area (Å²) in [5.41, 5.74) is 1.50. The highest BCUT2D eigenvalue weighted by molar-refractivity contribution is 5.47. The molecule has 1 aromatic rings. The lowest BCUT2D eigenvalue weighted by molar-refractivity contribution is -0.186. The van der Waals surface area contributed by atoms with Crippen LogP contribution in [0, 0.1) is 18.8 Å². The van der Waals surface area contributed by atoms with Crippen LogP contribution in [-0.4, -0.2) is 31.3 Å². The van der Waals surface area contributed by atoms with Crippen molar-refractivity contribution >= 4 is 0 Å². The molecule has 3 nitrogen and oxygen atoms in total. The van der Waals surface area contributed by atoms with Crippen molar-refractivity contribution in [2.75, 3.05) is 20.0 Å². The molecule has 0 spiro atoms. The van der Waals surface area contributed by atoms with Crippen LogP contribution in [0.3, 0.4) is 0 Å². The number of aliphatic hydroxyl groups excluding tert-OH is 1. The van der Waals surface area contributed by atoms with Crippen LogP contribution in [0.4, 0.5) is 13.2 Å². The van der Waals surface area contributed by atoms with E-state index in [1.165, 1.54) is 0 Å². The Morgan fingerprint density at radius 2 is 2.05 bits per heavy atom. The SMILES string of the molecule is Cc1ccc(OCOCC(F)(F)F)c(C#CCCO)c1. The minimum absolute atomic E-state index is 0.0519. The molecule has 1 aromatic carbocycles. The van der Waals surface area contributed by atoms with Crippen LogP contribution in [-0.2, 0) is 4.74 Å². The van der Waals surface area contributed by atoms with E-state index in [4.69, 9.17) is 9.84 Å². The second kappa shape index (κ2) is 7.78. The smallest absolute Gasteiger partial charge is 0.411 e. The molecule has 0 atom stereocenters. The lowest BCUT2D eigenvalue weighted by Crippen LogP contribution is -2.19. The van der Waals surface area contributed by atoms with Crippen LogP contribution in [0.15, 0.2) is 18.2 Å². The zero-order valence-electron chi connectivity index (χ0n) is 11.0. The lowest BCUT2D eigenvalue weighted by atomic mass is 10.1. The van der Waals surface area contributed by atoms with Gasteiger partial charge in [0, 0.05) is 6.42 Å². The molecule has 1 rings (SSSR count). The van der Waals surface area contributed by atoms with Gasteiger partial charge >= 0.3 is 6.18 Å². The van der Waals surface area contributed by atoms with Crippen molar-refractivity contribution in [1.82, 2.24) is 0 Å². The summed E-state index contributed by atoms with van der Waals surface area (Å²) >= 11 is 0. The van der Waals surface area contributed by atoms with Crippen molar-refractivity contribution in [3.05, 3.63) is 29.3 Å². The number of benzene rings is 1. The topological polar surface area (TPSA) is 38.7 Å². The fraction of sp³-hybridized carbons (Fsp3) is 0.429. The third-order valence-corrected chi connectivity index (χ3v) is 2.16. The first-order valence-corrected chi connectivity index (χ1v) is 5.90. The molecule has 0 aliphatic carbocycles. The number of aliphatic hydroxyl groups is 1. The molecule has 0 saturated heterocycles. The van der Waals surface area contributed by atoms with Gasteiger partial charge in [-0.05, 0) is 24.6 Å². The number of ether oxygens (including phenoxy) is 2. The van der Waals surface area contributed by atoms with Gasteiger partial charge in [-0.1, -0.05) is 17.9 Å². The molecule has 0 fully saturated rings. The maximum Gasteiger partial charge on any atom is 0.411 e. The predicted octanol–water partition coefficient (Wildman–Crippen LogP) is 2.64. The summed E-state index contributed by atoms with van der Waals surface area (Å²) in [5, 5.41) is 8.66. The molecule has 0 aromatic heterocycles. The first-order chi connectivity index (χ1) is 9.42. The minimum atomic E-state index is -4.37. The van der Waals surface area contributed by atoms with Crippen LogP contribution >= 0.6 is 0 Å². The molecule has 0 heterocycles. The average molecular weight is 288 g/mol. The molecular formula is C14H15F3O3. The number of alkyl halides is 3. The van der Waals surface area contributed by atoms with Gasteiger partial charge in [-0.25, -0.2) is 0 Å². The molecule has 0 saturated carbocycles. The fourth-order valence-electron chi connectivity index (χ4n) is 1.34. The van der Waals surface area contributed by atoms with Crippen molar-refractivity contribution in [2.24, 2.45) is 0 Å². The van der Waals surface area contributed by atoms with Gasteiger partial charge in [-0.3, -0.25) is 0 Å². The van der Waals surface area contributed by atoms with Crippen LogP contribution < -0.4 is 4.74 Å². The second-order valence-electron chi connectivity index (χ2n) is 4.00. The van der Waals surface area contributed by atoms with Gasteiger partial charge in [0.25, 0.3) is 0 Å². The van der Waals surface area contributed by atoms with Gasteiger partial charge < -0.3 is 14.6 Å². The van der Waals surface area contributed by atoms with Gasteiger partial charge in [0.15, 0.2) is 6.79 Å². The van der Waals surface area contributed by atoms with Gasteiger partial charge in [-0.15, -0.1) is 0 Å². The largest absolute Gasteiger partial charge is 0.466 e. The Hall–Kier alpha value is -1.71. The minimum Gasteiger partial charge on any atom is -0.466 e. The van der Waals surface area contributed by atoms with E-state index in [1.54, 1.807) is 18.2 Å². The number of halogens is 3. The molecule has 0 aliphatic heterocycles. The average Bonchev–Trinajstić information content (AvgIpc) is 2.36. The summed E-state index contributed by atoms with van der Waals surface area (Å²) in [6, 6.07) is 5.13. The van der Waals surface area contributed by atoms with Crippen molar-refractivity contribution in [1.29, 1.82) is 0 Å². The van der Waals surface area contributed by atoms with E-state index in [9.17, 15) is 13.2 Å². The molecule has 110 valence electrons. The Balaban J connectivity index is 2.63. The zero-order chi connectivity index (χ0) is 15.0. The van der Waals surface area contributed by atoms with E-state index >= 15 is 0 Å². The summed E-state index contributed by atoms with van der Waals surface area (Å²) in [7, 11) is 0. The third kappa shape index (κ3) is 6.45. The van der Waals surface area contributed by atoms with Gasteiger partial charge in [0.2, 0.25) is 0 Å². The van der Waals surface area contributed by atoms with Gasteiger partial charge in [-0.2, -0.15) is 13.2 Å². The van der Waals surface area contributed by atoms with Crippen molar-refractivity contribution in [3.8, 4) is 17.6 Å². The van der Waals surface area contributed by atoms with Crippen LogP contribution in [0.1, 0.15) is 17.5 Å². The van der Waals surface area contributed by atoms with Crippen LogP contribution in [0.2, 0.25) is 0 Å². The Labute approximate surface area is 115 Å². The van der Waals surface area contributed by atoms with Crippen LogP contribution in [0.25, 0.3) is 0 Å². The maximum absolute atomic E-state index is 11.9. The first kappa shape index (κ1) is 16.3. The van der Waals surface area contributed by atoms with E-state index in [-0.39, 0.29) is 6.61 Å². The number of aryl methyl sites for hydroxylation is 1. The highest BCUT2D eigenvalue weighted by Crippen LogP contribution is 2.20. The maximum atomic E-state index is 11.9. The predicted molar refractivity (Wildman–Crippen MR) is 67.3 cm³/mol. The normalized spacial score (nSPS) is 10.8. The molecule has 0 aliphatic rings. The summed E-state index contributed by atoms with van der Waals surface area (Å²) < 4.78 is 45.2. The third-order valence-electron chi connectivity index (χ3n) is 2.16. The summed E-state index contributed by atoms with van der Waals surface area (Å²) in [4.78, 5) is 0. The molecule has 0 radical (unpaired) electrons. The van der Waals surface area contributed by atoms with E-state index in [0.717, 1.165) is 5.56 Å². The molecule has 0 amide bonds. The van der Waals surface area contributed by atoms with Crippen molar-refractivity contribution in [2.45, 2.75) is 19.5 Å². The molecule has 1 N–H and O–H groups in total. The Kier molecular flexibility index (Phi) is 6.36. The molecule has 6 heteroatoms. The first-order valence-electron chi connectivity index (χ1n) is 5.90. The van der Waals surface area contributed by atoms with Gasteiger partial charge in [0.05, 0.1) is 12.2 Å². The highest BCUT2D eigenvalue weighted by Gasteiger charge is 2.27. The van der Waals surface area contributed by atoms with E-state index in [0.29, 0.717) is 17.7 Å². The summed E-state index contributed by atoms with van der Waals surface area (Å²) in [6.07, 6.45) is -4.06.